The number of ether oxygens (including phenoxy) is 1. The van der Waals surface area contributed by atoms with E-state index in [4.69, 9.17) is 4.74 Å². The molecule has 1 aromatic heterocycles. The van der Waals surface area contributed by atoms with Crippen LogP contribution in [0, 0.1) is 0 Å². The standard InChI is InChI=1S/C16H20N2O4S/c1-4-22-15-8-6-5-7-13(15)11-18-12-14(9-10-16(18)19)23(20,21)17(2)3/h5-10,12H,4,11H2,1-3H3. The topological polar surface area (TPSA) is 68.6 Å². The van der Waals surface area contributed by atoms with E-state index in [-0.39, 0.29) is 17.0 Å². The maximum Gasteiger partial charge on any atom is 0.250 e. The molecular formula is C16H20N2O4S. The van der Waals surface area contributed by atoms with Crippen LogP contribution >= 0.6 is 0 Å². The van der Waals surface area contributed by atoms with Crippen LogP contribution in [0.15, 0.2) is 52.3 Å². The summed E-state index contributed by atoms with van der Waals surface area (Å²) in [6, 6.07) is 9.96. The van der Waals surface area contributed by atoms with Crippen LogP contribution in [-0.4, -0.2) is 38.0 Å². The Morgan fingerprint density at radius 1 is 1.13 bits per heavy atom. The number of aromatic nitrogens is 1. The SMILES string of the molecule is CCOc1ccccc1Cn1cc(S(=O)(=O)N(C)C)ccc1=O. The number of hydrogen-bond donors (Lipinski definition) is 0. The number of pyridine rings is 1. The highest BCUT2D eigenvalue weighted by Gasteiger charge is 2.18. The molecule has 23 heavy (non-hydrogen) atoms. The fourth-order valence-corrected chi connectivity index (χ4v) is 3.03. The van der Waals surface area contributed by atoms with Gasteiger partial charge in [0.05, 0.1) is 18.0 Å². The van der Waals surface area contributed by atoms with E-state index in [0.717, 1.165) is 9.87 Å². The molecule has 7 heteroatoms. The minimum absolute atomic E-state index is 0.0796. The van der Waals surface area contributed by atoms with Gasteiger partial charge < -0.3 is 9.30 Å². The summed E-state index contributed by atoms with van der Waals surface area (Å²) >= 11 is 0. The quantitative estimate of drug-likeness (QED) is 0.802. The van der Waals surface area contributed by atoms with E-state index >= 15 is 0 Å². The lowest BCUT2D eigenvalue weighted by atomic mass is 10.2. The second-order valence-corrected chi connectivity index (χ2v) is 7.31. The van der Waals surface area contributed by atoms with Gasteiger partial charge >= 0.3 is 0 Å². The minimum atomic E-state index is -3.59. The van der Waals surface area contributed by atoms with Crippen molar-refractivity contribution in [2.45, 2.75) is 18.4 Å². The van der Waals surface area contributed by atoms with Crippen molar-refractivity contribution in [3.63, 3.8) is 0 Å². The van der Waals surface area contributed by atoms with Gasteiger partial charge in [0, 0.05) is 31.9 Å². The zero-order valence-corrected chi connectivity index (χ0v) is 14.2. The van der Waals surface area contributed by atoms with E-state index in [1.165, 1.54) is 37.0 Å². The third-order valence-electron chi connectivity index (χ3n) is 3.35. The second-order valence-electron chi connectivity index (χ2n) is 5.16. The molecule has 0 saturated heterocycles. The van der Waals surface area contributed by atoms with Crippen molar-refractivity contribution in [2.75, 3.05) is 20.7 Å². The molecule has 0 atom stereocenters. The number of hydrogen-bond acceptors (Lipinski definition) is 4. The first-order chi connectivity index (χ1) is 10.9. The molecule has 0 aliphatic heterocycles. The summed E-state index contributed by atoms with van der Waals surface area (Å²) in [5, 5.41) is 0. The number of benzene rings is 1. The van der Waals surface area contributed by atoms with E-state index in [0.29, 0.717) is 12.4 Å². The van der Waals surface area contributed by atoms with E-state index in [9.17, 15) is 13.2 Å². The van der Waals surface area contributed by atoms with Gasteiger partial charge in [-0.15, -0.1) is 0 Å². The van der Waals surface area contributed by atoms with Crippen LogP contribution in [-0.2, 0) is 16.6 Å². The molecule has 0 saturated carbocycles. The monoisotopic (exact) mass is 336 g/mol. The zero-order valence-electron chi connectivity index (χ0n) is 13.4. The molecule has 0 radical (unpaired) electrons. The van der Waals surface area contributed by atoms with Crippen molar-refractivity contribution >= 4 is 10.0 Å². The van der Waals surface area contributed by atoms with Crippen LogP contribution in [0.1, 0.15) is 12.5 Å². The van der Waals surface area contributed by atoms with Gasteiger partial charge in [0.2, 0.25) is 10.0 Å². The Labute approximate surface area is 136 Å². The van der Waals surface area contributed by atoms with Crippen LogP contribution in [0.3, 0.4) is 0 Å². The van der Waals surface area contributed by atoms with Crippen LogP contribution in [0.5, 0.6) is 5.75 Å². The van der Waals surface area contributed by atoms with Gasteiger partial charge in [-0.3, -0.25) is 4.79 Å². The van der Waals surface area contributed by atoms with E-state index < -0.39 is 10.0 Å². The van der Waals surface area contributed by atoms with Crippen LogP contribution in [0.25, 0.3) is 0 Å². The van der Waals surface area contributed by atoms with E-state index in [1.54, 1.807) is 0 Å². The number of para-hydroxylation sites is 1. The summed E-state index contributed by atoms with van der Waals surface area (Å²) in [4.78, 5) is 12.1. The van der Waals surface area contributed by atoms with Crippen molar-refractivity contribution < 1.29 is 13.2 Å². The summed E-state index contributed by atoms with van der Waals surface area (Å²) in [5.41, 5.74) is 0.546. The molecule has 0 N–H and O–H groups in total. The number of sulfonamides is 1. The van der Waals surface area contributed by atoms with Crippen molar-refractivity contribution in [2.24, 2.45) is 0 Å². The second kappa shape index (κ2) is 6.97. The Balaban J connectivity index is 2.44. The molecule has 2 rings (SSSR count). The number of rotatable bonds is 6. The molecule has 0 bridgehead atoms. The molecule has 2 aromatic rings. The third-order valence-corrected chi connectivity index (χ3v) is 5.15. The molecule has 0 aliphatic carbocycles. The van der Waals surface area contributed by atoms with Crippen LogP contribution in [0.2, 0.25) is 0 Å². The van der Waals surface area contributed by atoms with E-state index in [1.807, 2.05) is 31.2 Å². The molecule has 124 valence electrons. The normalized spacial score (nSPS) is 11.7. The summed E-state index contributed by atoms with van der Waals surface area (Å²) in [6.07, 6.45) is 1.36. The van der Waals surface area contributed by atoms with Crippen LogP contribution in [0.4, 0.5) is 0 Å². The van der Waals surface area contributed by atoms with Crippen molar-refractivity contribution in [1.29, 1.82) is 0 Å². The fourth-order valence-electron chi connectivity index (χ4n) is 2.11. The van der Waals surface area contributed by atoms with Gasteiger partial charge in [0.15, 0.2) is 0 Å². The van der Waals surface area contributed by atoms with Crippen molar-refractivity contribution in [1.82, 2.24) is 8.87 Å². The van der Waals surface area contributed by atoms with Gasteiger partial charge in [-0.25, -0.2) is 12.7 Å². The van der Waals surface area contributed by atoms with Crippen LogP contribution < -0.4 is 10.3 Å². The maximum absolute atomic E-state index is 12.2. The molecular weight excluding hydrogens is 316 g/mol. The Morgan fingerprint density at radius 2 is 1.83 bits per heavy atom. The molecule has 0 amide bonds. The zero-order chi connectivity index (χ0) is 17.0. The molecule has 0 spiro atoms. The predicted octanol–water partition coefficient (Wildman–Crippen LogP) is 1.55. The average molecular weight is 336 g/mol. The lowest BCUT2D eigenvalue weighted by molar-refractivity contribution is 0.335. The lowest BCUT2D eigenvalue weighted by Crippen LogP contribution is -2.26. The summed E-state index contributed by atoms with van der Waals surface area (Å²) < 4.78 is 32.4. The fraction of sp³-hybridized carbons (Fsp3) is 0.312. The molecule has 0 unspecified atom stereocenters. The Kier molecular flexibility index (Phi) is 5.23. The van der Waals surface area contributed by atoms with E-state index in [2.05, 4.69) is 0 Å². The minimum Gasteiger partial charge on any atom is -0.494 e. The molecule has 1 aromatic carbocycles. The molecule has 0 fully saturated rings. The largest absolute Gasteiger partial charge is 0.494 e. The summed E-state index contributed by atoms with van der Waals surface area (Å²) in [5.74, 6) is 0.683. The highest BCUT2D eigenvalue weighted by atomic mass is 32.2. The van der Waals surface area contributed by atoms with Crippen molar-refractivity contribution in [3.05, 3.63) is 58.5 Å². The first kappa shape index (κ1) is 17.2. The van der Waals surface area contributed by atoms with Gasteiger partial charge in [0.25, 0.3) is 5.56 Å². The Bertz CT molecular complexity index is 841. The smallest absolute Gasteiger partial charge is 0.250 e. The highest BCUT2D eigenvalue weighted by molar-refractivity contribution is 7.89. The van der Waals surface area contributed by atoms with Gasteiger partial charge in [-0.2, -0.15) is 0 Å². The Morgan fingerprint density at radius 3 is 2.48 bits per heavy atom. The predicted molar refractivity (Wildman–Crippen MR) is 88.3 cm³/mol. The number of nitrogens with zero attached hydrogens (tertiary/aromatic N) is 2. The Hall–Kier alpha value is -2.12. The first-order valence-corrected chi connectivity index (χ1v) is 8.64. The lowest BCUT2D eigenvalue weighted by Gasteiger charge is -2.14. The molecule has 6 nitrogen and oxygen atoms in total. The van der Waals surface area contributed by atoms with Crippen molar-refractivity contribution in [3.8, 4) is 5.75 Å². The molecule has 0 aliphatic rings. The molecule has 1 heterocycles. The summed E-state index contributed by atoms with van der Waals surface area (Å²) in [6.45, 7) is 2.64. The average Bonchev–Trinajstić information content (AvgIpc) is 2.51. The summed E-state index contributed by atoms with van der Waals surface area (Å²) in [7, 11) is -0.679. The van der Waals surface area contributed by atoms with Gasteiger partial charge in [0.1, 0.15) is 5.75 Å². The first-order valence-electron chi connectivity index (χ1n) is 7.20. The third kappa shape index (κ3) is 3.80. The van der Waals surface area contributed by atoms with Gasteiger partial charge in [-0.05, 0) is 19.1 Å². The highest BCUT2D eigenvalue weighted by Crippen LogP contribution is 2.19. The van der Waals surface area contributed by atoms with Gasteiger partial charge in [-0.1, -0.05) is 18.2 Å². The maximum atomic E-state index is 12.2.